The van der Waals surface area contributed by atoms with Crippen LogP contribution in [0.15, 0.2) is 39.5 Å². The SMILES string of the molecule is COc1cc(O)cc2oc3ccc(O)cc3c(=O)c12. The molecule has 3 rings (SSSR count). The Balaban J connectivity index is 2.58. The number of phenols is 2. The molecule has 3 aromatic rings. The summed E-state index contributed by atoms with van der Waals surface area (Å²) in [6.07, 6.45) is 0. The van der Waals surface area contributed by atoms with Crippen molar-refractivity contribution >= 4 is 21.9 Å². The molecule has 1 heterocycles. The summed E-state index contributed by atoms with van der Waals surface area (Å²) in [6.45, 7) is 0. The molecule has 5 heteroatoms. The molecule has 0 spiro atoms. The first-order valence-electron chi connectivity index (χ1n) is 5.56. The minimum absolute atomic E-state index is 0.0168. The highest BCUT2D eigenvalue weighted by molar-refractivity contribution is 5.94. The van der Waals surface area contributed by atoms with E-state index in [9.17, 15) is 15.0 Å². The molecule has 0 unspecified atom stereocenters. The van der Waals surface area contributed by atoms with Gasteiger partial charge in [-0.15, -0.1) is 0 Å². The zero-order chi connectivity index (χ0) is 13.6. The largest absolute Gasteiger partial charge is 0.508 e. The van der Waals surface area contributed by atoms with Crippen LogP contribution in [0.3, 0.4) is 0 Å². The zero-order valence-corrected chi connectivity index (χ0v) is 10.0. The Labute approximate surface area is 107 Å². The smallest absolute Gasteiger partial charge is 0.204 e. The average molecular weight is 258 g/mol. The van der Waals surface area contributed by atoms with Crippen molar-refractivity contribution in [1.82, 2.24) is 0 Å². The van der Waals surface area contributed by atoms with Crippen LogP contribution in [0.5, 0.6) is 17.2 Å². The van der Waals surface area contributed by atoms with E-state index >= 15 is 0 Å². The first kappa shape index (κ1) is 11.4. The lowest BCUT2D eigenvalue weighted by Gasteiger charge is -2.07. The van der Waals surface area contributed by atoms with Gasteiger partial charge in [0.1, 0.15) is 33.8 Å². The molecule has 1 aromatic heterocycles. The van der Waals surface area contributed by atoms with Crippen LogP contribution in [0.4, 0.5) is 0 Å². The van der Waals surface area contributed by atoms with Gasteiger partial charge >= 0.3 is 0 Å². The molecule has 0 amide bonds. The van der Waals surface area contributed by atoms with Crippen LogP contribution in [0.2, 0.25) is 0 Å². The van der Waals surface area contributed by atoms with Crippen molar-refractivity contribution in [3.8, 4) is 17.2 Å². The summed E-state index contributed by atoms with van der Waals surface area (Å²) in [6, 6.07) is 6.96. The fraction of sp³-hybridized carbons (Fsp3) is 0.0714. The van der Waals surface area contributed by atoms with Crippen molar-refractivity contribution in [3.63, 3.8) is 0 Å². The van der Waals surface area contributed by atoms with Crippen LogP contribution in [-0.2, 0) is 0 Å². The van der Waals surface area contributed by atoms with Crippen LogP contribution in [0.1, 0.15) is 0 Å². The Hall–Kier alpha value is -2.69. The number of fused-ring (bicyclic) bond motifs is 2. The fourth-order valence-corrected chi connectivity index (χ4v) is 2.08. The van der Waals surface area contributed by atoms with Gasteiger partial charge in [-0.05, 0) is 18.2 Å². The Kier molecular flexibility index (Phi) is 2.35. The molecule has 2 aromatic carbocycles. The minimum Gasteiger partial charge on any atom is -0.508 e. The van der Waals surface area contributed by atoms with Crippen molar-refractivity contribution in [2.45, 2.75) is 0 Å². The molecule has 0 atom stereocenters. The lowest BCUT2D eigenvalue weighted by Crippen LogP contribution is -2.04. The van der Waals surface area contributed by atoms with Gasteiger partial charge in [0.05, 0.1) is 12.5 Å². The maximum Gasteiger partial charge on any atom is 0.204 e. The maximum atomic E-state index is 12.4. The number of methoxy groups -OCH3 is 1. The molecule has 2 N–H and O–H groups in total. The number of aromatic hydroxyl groups is 2. The van der Waals surface area contributed by atoms with Gasteiger partial charge in [-0.3, -0.25) is 4.79 Å². The van der Waals surface area contributed by atoms with Gasteiger partial charge in [0, 0.05) is 12.1 Å². The summed E-state index contributed by atoms with van der Waals surface area (Å²) < 4.78 is 10.6. The standard InChI is InChI=1S/C14H10O5/c1-18-11-5-8(16)6-12-13(11)14(17)9-4-7(15)2-3-10(9)19-12/h2-6,15-16H,1H3. The number of hydrogen-bond donors (Lipinski definition) is 2. The maximum absolute atomic E-state index is 12.4. The van der Waals surface area contributed by atoms with Gasteiger partial charge in [-0.2, -0.15) is 0 Å². The molecule has 0 aliphatic heterocycles. The molecule has 0 saturated carbocycles. The first-order valence-corrected chi connectivity index (χ1v) is 5.56. The predicted molar refractivity (Wildman–Crippen MR) is 69.9 cm³/mol. The number of hydrogen-bond acceptors (Lipinski definition) is 5. The highest BCUT2D eigenvalue weighted by Crippen LogP contribution is 2.31. The molecule has 0 radical (unpaired) electrons. The predicted octanol–water partition coefficient (Wildman–Crippen LogP) is 2.37. The molecule has 0 aliphatic rings. The number of benzene rings is 2. The third-order valence-corrected chi connectivity index (χ3v) is 2.93. The van der Waals surface area contributed by atoms with Crippen molar-refractivity contribution in [2.75, 3.05) is 7.11 Å². The van der Waals surface area contributed by atoms with Crippen LogP contribution >= 0.6 is 0 Å². The molecule has 19 heavy (non-hydrogen) atoms. The molecule has 0 bridgehead atoms. The van der Waals surface area contributed by atoms with E-state index in [4.69, 9.17) is 9.15 Å². The topological polar surface area (TPSA) is 79.9 Å². The van der Waals surface area contributed by atoms with E-state index in [1.807, 2.05) is 0 Å². The van der Waals surface area contributed by atoms with Gasteiger partial charge in [-0.25, -0.2) is 0 Å². The van der Waals surface area contributed by atoms with Gasteiger partial charge in [0.2, 0.25) is 5.43 Å². The summed E-state index contributed by atoms with van der Waals surface area (Å²) >= 11 is 0. The Bertz CT molecular complexity index is 848. The highest BCUT2D eigenvalue weighted by Gasteiger charge is 2.14. The molecule has 0 aliphatic carbocycles. The summed E-state index contributed by atoms with van der Waals surface area (Å²) in [5.74, 6) is 0.163. The second kappa shape index (κ2) is 3.91. The zero-order valence-electron chi connectivity index (χ0n) is 10.0. The van der Waals surface area contributed by atoms with Crippen molar-refractivity contribution in [1.29, 1.82) is 0 Å². The summed E-state index contributed by atoms with van der Waals surface area (Å²) in [4.78, 5) is 12.4. The summed E-state index contributed by atoms with van der Waals surface area (Å²) in [5.41, 5.74) is 0.256. The second-order valence-electron chi connectivity index (χ2n) is 4.13. The van der Waals surface area contributed by atoms with E-state index in [0.29, 0.717) is 5.58 Å². The van der Waals surface area contributed by atoms with E-state index in [1.165, 1.54) is 37.4 Å². The van der Waals surface area contributed by atoms with Crippen molar-refractivity contribution in [2.24, 2.45) is 0 Å². The van der Waals surface area contributed by atoms with Crippen LogP contribution in [0.25, 0.3) is 21.9 Å². The van der Waals surface area contributed by atoms with Gasteiger partial charge < -0.3 is 19.4 Å². The second-order valence-corrected chi connectivity index (χ2v) is 4.13. The van der Waals surface area contributed by atoms with Crippen LogP contribution in [0, 0.1) is 0 Å². The van der Waals surface area contributed by atoms with Gasteiger partial charge in [0.15, 0.2) is 0 Å². The lowest BCUT2D eigenvalue weighted by atomic mass is 10.1. The molecule has 96 valence electrons. The van der Waals surface area contributed by atoms with Gasteiger partial charge in [-0.1, -0.05) is 0 Å². The summed E-state index contributed by atoms with van der Waals surface area (Å²) in [7, 11) is 1.40. The van der Waals surface area contributed by atoms with E-state index in [2.05, 4.69) is 0 Å². The quantitative estimate of drug-likeness (QED) is 0.655. The number of ether oxygens (including phenoxy) is 1. The molecule has 0 saturated heterocycles. The first-order chi connectivity index (χ1) is 9.10. The number of rotatable bonds is 1. The molecular weight excluding hydrogens is 248 g/mol. The van der Waals surface area contributed by atoms with Gasteiger partial charge in [0.25, 0.3) is 0 Å². The third-order valence-electron chi connectivity index (χ3n) is 2.93. The van der Waals surface area contributed by atoms with Crippen molar-refractivity contribution < 1.29 is 19.4 Å². The lowest BCUT2D eigenvalue weighted by molar-refractivity contribution is 0.411. The Morgan fingerprint density at radius 3 is 2.58 bits per heavy atom. The minimum atomic E-state index is -0.316. The highest BCUT2D eigenvalue weighted by atomic mass is 16.5. The van der Waals surface area contributed by atoms with E-state index in [-0.39, 0.29) is 39.0 Å². The molecule has 0 fully saturated rings. The van der Waals surface area contributed by atoms with Crippen LogP contribution < -0.4 is 10.2 Å². The average Bonchev–Trinajstić information content (AvgIpc) is 2.38. The third kappa shape index (κ3) is 1.67. The number of phenolic OH excluding ortho intramolecular Hbond substituents is 2. The molecular formula is C14H10O5. The molecule has 5 nitrogen and oxygen atoms in total. The fourth-order valence-electron chi connectivity index (χ4n) is 2.08. The van der Waals surface area contributed by atoms with Crippen molar-refractivity contribution in [3.05, 3.63) is 40.6 Å². The van der Waals surface area contributed by atoms with E-state index in [1.54, 1.807) is 0 Å². The Morgan fingerprint density at radius 2 is 1.84 bits per heavy atom. The summed E-state index contributed by atoms with van der Waals surface area (Å²) in [5, 5.41) is 19.5. The monoisotopic (exact) mass is 258 g/mol. The van der Waals surface area contributed by atoms with Crippen LogP contribution in [-0.4, -0.2) is 17.3 Å². The normalized spacial score (nSPS) is 11.0. The van der Waals surface area contributed by atoms with E-state index < -0.39 is 0 Å². The Morgan fingerprint density at radius 1 is 1.05 bits per heavy atom. The van der Waals surface area contributed by atoms with E-state index in [0.717, 1.165) is 0 Å².